The van der Waals surface area contributed by atoms with Crippen LogP contribution in [-0.4, -0.2) is 46.6 Å². The molecular formula is C22H31N7O4. The maximum Gasteiger partial charge on any atom is 0.405 e. The van der Waals surface area contributed by atoms with Crippen LogP contribution in [0.2, 0.25) is 0 Å². The van der Waals surface area contributed by atoms with Crippen LogP contribution in [0.15, 0.2) is 24.3 Å². The van der Waals surface area contributed by atoms with Crippen LogP contribution < -0.4 is 27.4 Å². The summed E-state index contributed by atoms with van der Waals surface area (Å²) in [5.41, 5.74) is 12.8. The third-order valence-corrected chi connectivity index (χ3v) is 4.53. The molecule has 11 heteroatoms. The first-order chi connectivity index (χ1) is 15.6. The van der Waals surface area contributed by atoms with Gasteiger partial charge in [-0.25, -0.2) is 14.8 Å². The normalized spacial score (nSPS) is 11.5. The smallest absolute Gasteiger partial charge is 0.405 e. The number of ether oxygens (including phenoxy) is 1. The van der Waals surface area contributed by atoms with E-state index in [1.54, 1.807) is 0 Å². The molecule has 0 aliphatic rings. The Morgan fingerprint density at radius 2 is 1.82 bits per heavy atom. The second-order valence-electron chi connectivity index (χ2n) is 7.68. The van der Waals surface area contributed by atoms with Crippen LogP contribution in [0, 0.1) is 0 Å². The van der Waals surface area contributed by atoms with E-state index >= 15 is 0 Å². The average Bonchev–Trinajstić information content (AvgIpc) is 2.73. The SMILES string of the molecule is CCc1nc(C(N)=O)c(Nc2cccc(CCNC(=O)C(C)OC(N)=O)c2)nc1NC(C)C. The summed E-state index contributed by atoms with van der Waals surface area (Å²) in [6.07, 6.45) is -0.865. The molecule has 0 aliphatic heterocycles. The minimum Gasteiger partial charge on any atom is -0.437 e. The molecule has 1 aromatic carbocycles. The van der Waals surface area contributed by atoms with Crippen molar-refractivity contribution in [3.05, 3.63) is 41.2 Å². The Morgan fingerprint density at radius 3 is 2.42 bits per heavy atom. The van der Waals surface area contributed by atoms with Gasteiger partial charge in [-0.3, -0.25) is 9.59 Å². The molecule has 33 heavy (non-hydrogen) atoms. The predicted molar refractivity (Wildman–Crippen MR) is 125 cm³/mol. The highest BCUT2D eigenvalue weighted by molar-refractivity contribution is 5.96. The molecule has 7 N–H and O–H groups in total. The molecule has 178 valence electrons. The number of anilines is 3. The lowest BCUT2D eigenvalue weighted by atomic mass is 10.1. The second kappa shape index (κ2) is 11.7. The summed E-state index contributed by atoms with van der Waals surface area (Å²) in [5.74, 6) is -0.274. The van der Waals surface area contributed by atoms with Crippen molar-refractivity contribution in [2.75, 3.05) is 17.2 Å². The third kappa shape index (κ3) is 7.63. The van der Waals surface area contributed by atoms with Crippen molar-refractivity contribution in [2.45, 2.75) is 52.7 Å². The molecule has 0 spiro atoms. The van der Waals surface area contributed by atoms with Gasteiger partial charge in [-0.05, 0) is 51.3 Å². The first-order valence-electron chi connectivity index (χ1n) is 10.7. The highest BCUT2D eigenvalue weighted by atomic mass is 16.6. The third-order valence-electron chi connectivity index (χ3n) is 4.53. The molecule has 0 radical (unpaired) electrons. The molecule has 1 unspecified atom stereocenters. The Bertz CT molecular complexity index is 1010. The summed E-state index contributed by atoms with van der Waals surface area (Å²) in [4.78, 5) is 43.6. The zero-order valence-corrected chi connectivity index (χ0v) is 19.3. The molecule has 2 aromatic rings. The number of nitrogens with two attached hydrogens (primary N) is 2. The van der Waals surface area contributed by atoms with Gasteiger partial charge in [0.2, 0.25) is 0 Å². The van der Waals surface area contributed by atoms with Crippen molar-refractivity contribution in [3.8, 4) is 0 Å². The number of primary amides is 2. The summed E-state index contributed by atoms with van der Waals surface area (Å²) in [5, 5.41) is 9.05. The maximum absolute atomic E-state index is 12.0. The number of aryl methyl sites for hydroxylation is 1. The molecule has 1 atom stereocenters. The lowest BCUT2D eigenvalue weighted by Gasteiger charge is -2.17. The van der Waals surface area contributed by atoms with Gasteiger partial charge >= 0.3 is 6.09 Å². The fourth-order valence-electron chi connectivity index (χ4n) is 3.01. The molecule has 0 aliphatic carbocycles. The van der Waals surface area contributed by atoms with Crippen LogP contribution >= 0.6 is 0 Å². The fraction of sp³-hybridized carbons (Fsp3) is 0.409. The largest absolute Gasteiger partial charge is 0.437 e. The molecule has 1 aromatic heterocycles. The number of benzene rings is 1. The molecular weight excluding hydrogens is 426 g/mol. The van der Waals surface area contributed by atoms with E-state index in [0.717, 1.165) is 5.56 Å². The Balaban J connectivity index is 2.15. The van der Waals surface area contributed by atoms with Crippen molar-refractivity contribution < 1.29 is 19.1 Å². The molecule has 2 rings (SSSR count). The van der Waals surface area contributed by atoms with Gasteiger partial charge in [0.25, 0.3) is 11.8 Å². The van der Waals surface area contributed by atoms with Gasteiger partial charge in [0.15, 0.2) is 17.6 Å². The Kier molecular flexibility index (Phi) is 8.96. The lowest BCUT2D eigenvalue weighted by molar-refractivity contribution is -0.128. The highest BCUT2D eigenvalue weighted by Gasteiger charge is 2.18. The topological polar surface area (TPSA) is 174 Å². The van der Waals surface area contributed by atoms with E-state index in [1.165, 1.54) is 6.92 Å². The van der Waals surface area contributed by atoms with Gasteiger partial charge in [-0.15, -0.1) is 0 Å². The van der Waals surface area contributed by atoms with Gasteiger partial charge in [0.05, 0.1) is 5.69 Å². The summed E-state index contributed by atoms with van der Waals surface area (Å²) in [6, 6.07) is 7.55. The van der Waals surface area contributed by atoms with Gasteiger partial charge < -0.3 is 32.2 Å². The number of nitrogens with one attached hydrogen (secondary N) is 3. The lowest BCUT2D eigenvalue weighted by Crippen LogP contribution is -2.37. The molecule has 11 nitrogen and oxygen atoms in total. The van der Waals surface area contributed by atoms with Crippen LogP contribution in [0.5, 0.6) is 0 Å². The first-order valence-corrected chi connectivity index (χ1v) is 10.7. The van der Waals surface area contributed by atoms with Crippen LogP contribution in [0.1, 0.15) is 49.4 Å². The zero-order chi connectivity index (χ0) is 24.5. The van der Waals surface area contributed by atoms with Crippen LogP contribution in [0.3, 0.4) is 0 Å². The number of nitrogens with zero attached hydrogens (tertiary/aromatic N) is 2. The number of carbonyl (C=O) groups is 3. The van der Waals surface area contributed by atoms with Crippen molar-refractivity contribution in [3.63, 3.8) is 0 Å². The van der Waals surface area contributed by atoms with Crippen LogP contribution in [-0.2, 0) is 22.4 Å². The molecule has 0 saturated carbocycles. The quantitative estimate of drug-likeness (QED) is 0.340. The van der Waals surface area contributed by atoms with Gasteiger partial charge in [-0.2, -0.15) is 0 Å². The Hall–Kier alpha value is -3.89. The summed E-state index contributed by atoms with van der Waals surface area (Å²) >= 11 is 0. The number of hydrogen-bond donors (Lipinski definition) is 5. The van der Waals surface area contributed by atoms with Crippen molar-refractivity contribution in [2.24, 2.45) is 11.5 Å². The van der Waals surface area contributed by atoms with Gasteiger partial charge in [0, 0.05) is 18.3 Å². The van der Waals surface area contributed by atoms with E-state index in [1.807, 2.05) is 45.0 Å². The van der Waals surface area contributed by atoms with E-state index in [9.17, 15) is 14.4 Å². The van der Waals surface area contributed by atoms with Crippen molar-refractivity contribution >= 4 is 35.2 Å². The highest BCUT2D eigenvalue weighted by Crippen LogP contribution is 2.23. The fourth-order valence-corrected chi connectivity index (χ4v) is 3.01. The molecule has 0 bridgehead atoms. The number of aromatic nitrogens is 2. The number of rotatable bonds is 11. The van der Waals surface area contributed by atoms with E-state index in [-0.39, 0.29) is 17.6 Å². The summed E-state index contributed by atoms with van der Waals surface area (Å²) in [7, 11) is 0. The Labute approximate surface area is 192 Å². The van der Waals surface area contributed by atoms with Crippen LogP contribution in [0.4, 0.5) is 22.1 Å². The minimum atomic E-state index is -1.01. The van der Waals surface area contributed by atoms with Crippen molar-refractivity contribution in [1.82, 2.24) is 15.3 Å². The molecule has 0 fully saturated rings. The van der Waals surface area contributed by atoms with Crippen LogP contribution in [0.25, 0.3) is 0 Å². The Morgan fingerprint density at radius 1 is 1.09 bits per heavy atom. The van der Waals surface area contributed by atoms with E-state index in [4.69, 9.17) is 11.5 Å². The number of amides is 3. The zero-order valence-electron chi connectivity index (χ0n) is 19.3. The van der Waals surface area contributed by atoms with Crippen molar-refractivity contribution in [1.29, 1.82) is 0 Å². The number of hydrogen-bond acceptors (Lipinski definition) is 8. The summed E-state index contributed by atoms with van der Waals surface area (Å²) < 4.78 is 4.64. The van der Waals surface area contributed by atoms with Gasteiger partial charge in [-0.1, -0.05) is 19.1 Å². The van der Waals surface area contributed by atoms with E-state index in [0.29, 0.717) is 36.6 Å². The minimum absolute atomic E-state index is 0.0576. The standard InChI is InChI=1S/C22H31N7O4/c1-5-16-19(26-12(2)3)29-20(17(28-16)18(23)30)27-15-8-6-7-14(11-15)9-10-25-21(31)13(4)33-22(24)32/h6-8,11-13H,5,9-10H2,1-4H3,(H2,23,30)(H2,24,32)(H,25,31)(H2,26,27,29). The maximum atomic E-state index is 12.0. The molecule has 1 heterocycles. The molecule has 3 amide bonds. The first kappa shape index (κ1) is 25.4. The number of carbonyl (C=O) groups excluding carboxylic acids is 3. The molecule has 0 saturated heterocycles. The van der Waals surface area contributed by atoms with E-state index in [2.05, 4.69) is 30.7 Å². The van der Waals surface area contributed by atoms with Gasteiger partial charge in [0.1, 0.15) is 5.82 Å². The predicted octanol–water partition coefficient (Wildman–Crippen LogP) is 1.84. The van der Waals surface area contributed by atoms with E-state index < -0.39 is 24.0 Å². The average molecular weight is 458 g/mol. The monoisotopic (exact) mass is 457 g/mol. The second-order valence-corrected chi connectivity index (χ2v) is 7.68. The summed E-state index contributed by atoms with van der Waals surface area (Å²) in [6.45, 7) is 7.66.